The van der Waals surface area contributed by atoms with Crippen molar-refractivity contribution in [3.63, 3.8) is 0 Å². The number of rotatable bonds is 4. The predicted octanol–water partition coefficient (Wildman–Crippen LogP) is 0.527. The van der Waals surface area contributed by atoms with E-state index in [1.165, 1.54) is 6.42 Å². The molecule has 3 nitrogen and oxygen atoms in total. The fourth-order valence-corrected chi connectivity index (χ4v) is 1.98. The lowest BCUT2D eigenvalue weighted by molar-refractivity contribution is 0.0998. The minimum absolute atomic E-state index is 0.614. The molecule has 0 spiro atoms. The molecule has 82 valence electrons. The Morgan fingerprint density at radius 3 is 2.79 bits per heavy atom. The van der Waals surface area contributed by atoms with E-state index in [9.17, 15) is 0 Å². The van der Waals surface area contributed by atoms with Gasteiger partial charge in [-0.1, -0.05) is 13.5 Å². The van der Waals surface area contributed by atoms with Gasteiger partial charge < -0.3 is 10.6 Å². The monoisotopic (exact) mass is 197 g/mol. The van der Waals surface area contributed by atoms with Crippen molar-refractivity contribution in [2.75, 3.05) is 39.8 Å². The van der Waals surface area contributed by atoms with Crippen LogP contribution in [-0.4, -0.2) is 55.6 Å². The van der Waals surface area contributed by atoms with Gasteiger partial charge in [0.05, 0.1) is 0 Å². The first-order chi connectivity index (χ1) is 6.67. The third-order valence-corrected chi connectivity index (χ3v) is 3.07. The Balaban J connectivity index is 2.38. The van der Waals surface area contributed by atoms with Crippen LogP contribution in [0.2, 0.25) is 0 Å². The van der Waals surface area contributed by atoms with Crippen molar-refractivity contribution in [3.8, 4) is 0 Å². The molecule has 1 aliphatic rings. The highest BCUT2D eigenvalue weighted by Gasteiger charge is 2.22. The van der Waals surface area contributed by atoms with E-state index in [2.05, 4.69) is 30.4 Å². The van der Waals surface area contributed by atoms with E-state index >= 15 is 0 Å². The van der Waals surface area contributed by atoms with E-state index in [4.69, 9.17) is 5.73 Å². The van der Waals surface area contributed by atoms with Gasteiger partial charge in [-0.05, 0) is 19.0 Å². The molecule has 0 aromatic carbocycles. The van der Waals surface area contributed by atoms with Gasteiger partial charge in [-0.25, -0.2) is 0 Å². The Kier molecular flexibility index (Phi) is 4.58. The van der Waals surface area contributed by atoms with Crippen molar-refractivity contribution in [2.24, 2.45) is 5.73 Å². The van der Waals surface area contributed by atoms with E-state index in [0.29, 0.717) is 12.6 Å². The quantitative estimate of drug-likeness (QED) is 0.667. The number of nitrogens with zero attached hydrogens (tertiary/aromatic N) is 2. The van der Waals surface area contributed by atoms with Crippen LogP contribution in [0.3, 0.4) is 0 Å². The highest BCUT2D eigenvalue weighted by Crippen LogP contribution is 2.11. The lowest BCUT2D eigenvalue weighted by Crippen LogP contribution is -2.51. The van der Waals surface area contributed by atoms with Crippen LogP contribution in [0.15, 0.2) is 12.2 Å². The van der Waals surface area contributed by atoms with Crippen molar-refractivity contribution >= 4 is 0 Å². The van der Waals surface area contributed by atoms with E-state index in [1.807, 2.05) is 0 Å². The number of piperazine rings is 1. The van der Waals surface area contributed by atoms with Crippen LogP contribution in [0, 0.1) is 0 Å². The van der Waals surface area contributed by atoms with Gasteiger partial charge in [0.25, 0.3) is 0 Å². The minimum atomic E-state index is 0.614. The van der Waals surface area contributed by atoms with Crippen LogP contribution in [0.25, 0.3) is 0 Å². The summed E-state index contributed by atoms with van der Waals surface area (Å²) >= 11 is 0. The minimum Gasteiger partial charge on any atom is -0.327 e. The zero-order valence-corrected chi connectivity index (χ0v) is 9.50. The van der Waals surface area contributed by atoms with Crippen molar-refractivity contribution in [3.05, 3.63) is 12.2 Å². The predicted molar refractivity (Wildman–Crippen MR) is 61.3 cm³/mol. The van der Waals surface area contributed by atoms with E-state index in [-0.39, 0.29) is 0 Å². The summed E-state index contributed by atoms with van der Waals surface area (Å²) in [6.07, 6.45) is 1.22. The SMILES string of the molecule is C=C(CN)CN1CCN(C)C(CC)C1. The first-order valence-corrected chi connectivity index (χ1v) is 5.46. The van der Waals surface area contributed by atoms with Gasteiger partial charge in [0.2, 0.25) is 0 Å². The highest BCUT2D eigenvalue weighted by molar-refractivity contribution is 4.99. The van der Waals surface area contributed by atoms with E-state index in [1.54, 1.807) is 0 Å². The number of likely N-dealkylation sites (N-methyl/N-ethyl adjacent to an activating group) is 1. The second-order valence-corrected chi connectivity index (χ2v) is 4.23. The van der Waals surface area contributed by atoms with Gasteiger partial charge in [0, 0.05) is 38.8 Å². The molecule has 0 aromatic rings. The van der Waals surface area contributed by atoms with Gasteiger partial charge in [-0.3, -0.25) is 4.90 Å². The van der Waals surface area contributed by atoms with E-state index in [0.717, 1.165) is 31.8 Å². The van der Waals surface area contributed by atoms with Gasteiger partial charge in [-0.15, -0.1) is 0 Å². The van der Waals surface area contributed by atoms with Gasteiger partial charge in [0.1, 0.15) is 0 Å². The van der Waals surface area contributed by atoms with Crippen molar-refractivity contribution in [1.82, 2.24) is 9.80 Å². The van der Waals surface area contributed by atoms with Crippen LogP contribution in [-0.2, 0) is 0 Å². The molecule has 14 heavy (non-hydrogen) atoms. The summed E-state index contributed by atoms with van der Waals surface area (Å²) in [6, 6.07) is 0.703. The summed E-state index contributed by atoms with van der Waals surface area (Å²) < 4.78 is 0. The average molecular weight is 197 g/mol. The summed E-state index contributed by atoms with van der Waals surface area (Å²) in [5.41, 5.74) is 6.69. The molecule has 1 rings (SSSR count). The van der Waals surface area contributed by atoms with Crippen LogP contribution < -0.4 is 5.73 Å². The molecule has 1 fully saturated rings. The highest BCUT2D eigenvalue weighted by atomic mass is 15.3. The molecule has 0 bridgehead atoms. The first-order valence-electron chi connectivity index (χ1n) is 5.46. The molecule has 0 aliphatic carbocycles. The molecule has 3 heteroatoms. The number of hydrogen-bond donors (Lipinski definition) is 1. The van der Waals surface area contributed by atoms with Crippen molar-refractivity contribution in [1.29, 1.82) is 0 Å². The molecule has 1 heterocycles. The zero-order valence-electron chi connectivity index (χ0n) is 9.50. The smallest absolute Gasteiger partial charge is 0.0218 e. The van der Waals surface area contributed by atoms with Gasteiger partial charge in [0.15, 0.2) is 0 Å². The second-order valence-electron chi connectivity index (χ2n) is 4.23. The van der Waals surface area contributed by atoms with Gasteiger partial charge >= 0.3 is 0 Å². The maximum absolute atomic E-state index is 5.55. The first kappa shape index (κ1) is 11.7. The van der Waals surface area contributed by atoms with Crippen LogP contribution in [0.5, 0.6) is 0 Å². The van der Waals surface area contributed by atoms with Crippen LogP contribution in [0.4, 0.5) is 0 Å². The van der Waals surface area contributed by atoms with Crippen LogP contribution in [0.1, 0.15) is 13.3 Å². The number of nitrogens with two attached hydrogens (primary N) is 1. The molecule has 1 atom stereocenters. The molecule has 0 saturated carbocycles. The zero-order chi connectivity index (χ0) is 10.6. The fourth-order valence-electron chi connectivity index (χ4n) is 1.98. The summed E-state index contributed by atoms with van der Waals surface area (Å²) in [4.78, 5) is 4.91. The molecule has 2 N–H and O–H groups in total. The molecule has 1 saturated heterocycles. The molecular formula is C11H23N3. The Hall–Kier alpha value is -0.380. The molecule has 0 amide bonds. The third kappa shape index (κ3) is 3.08. The summed E-state index contributed by atoms with van der Waals surface area (Å²) in [7, 11) is 2.21. The van der Waals surface area contributed by atoms with E-state index < -0.39 is 0 Å². The van der Waals surface area contributed by atoms with Crippen LogP contribution >= 0.6 is 0 Å². The van der Waals surface area contributed by atoms with Crippen molar-refractivity contribution in [2.45, 2.75) is 19.4 Å². The van der Waals surface area contributed by atoms with Gasteiger partial charge in [-0.2, -0.15) is 0 Å². The standard InChI is InChI=1S/C11H23N3/c1-4-11-9-14(6-5-13(11)3)8-10(2)7-12/h11H,2,4-9,12H2,1,3H3. The average Bonchev–Trinajstić information content (AvgIpc) is 2.20. The lowest BCUT2D eigenvalue weighted by Gasteiger charge is -2.39. The largest absolute Gasteiger partial charge is 0.327 e. The Bertz CT molecular complexity index is 191. The molecule has 0 radical (unpaired) electrons. The maximum Gasteiger partial charge on any atom is 0.0218 e. The fraction of sp³-hybridized carbons (Fsp3) is 0.818. The second kappa shape index (κ2) is 5.49. The lowest BCUT2D eigenvalue weighted by atomic mass is 10.1. The Morgan fingerprint density at radius 2 is 2.21 bits per heavy atom. The molecular weight excluding hydrogens is 174 g/mol. The molecule has 1 aliphatic heterocycles. The maximum atomic E-state index is 5.55. The third-order valence-electron chi connectivity index (χ3n) is 3.07. The Labute approximate surface area is 87.6 Å². The summed E-state index contributed by atoms with van der Waals surface area (Å²) in [5.74, 6) is 0. The van der Waals surface area contributed by atoms with Crippen molar-refractivity contribution < 1.29 is 0 Å². The number of hydrogen-bond acceptors (Lipinski definition) is 3. The Morgan fingerprint density at radius 1 is 1.50 bits per heavy atom. The molecule has 1 unspecified atom stereocenters. The normalized spacial score (nSPS) is 25.2. The topological polar surface area (TPSA) is 32.5 Å². The summed E-state index contributed by atoms with van der Waals surface area (Å²) in [6.45, 7) is 11.3. The summed E-state index contributed by atoms with van der Waals surface area (Å²) in [5, 5.41) is 0. The molecule has 0 aromatic heterocycles.